The summed E-state index contributed by atoms with van der Waals surface area (Å²) < 4.78 is 26.7. The SMILES string of the molecule is CC1(C)CCN(S(=O)(=O)c2cc(CCl)ccc2Cl)C1. The van der Waals surface area contributed by atoms with Crippen molar-refractivity contribution in [2.45, 2.75) is 31.0 Å². The van der Waals surface area contributed by atoms with Crippen molar-refractivity contribution in [3.8, 4) is 0 Å². The number of sulfonamides is 1. The third-order valence-electron chi connectivity index (χ3n) is 3.41. The number of alkyl halides is 1. The summed E-state index contributed by atoms with van der Waals surface area (Å²) in [5.41, 5.74) is 0.770. The monoisotopic (exact) mass is 321 g/mol. The lowest BCUT2D eigenvalue weighted by atomic mass is 9.93. The third kappa shape index (κ3) is 3.07. The van der Waals surface area contributed by atoms with E-state index in [2.05, 4.69) is 13.8 Å². The fourth-order valence-electron chi connectivity index (χ4n) is 2.24. The quantitative estimate of drug-likeness (QED) is 0.799. The second kappa shape index (κ2) is 5.24. The Morgan fingerprint density at radius 1 is 1.37 bits per heavy atom. The molecule has 0 N–H and O–H groups in total. The molecular formula is C13H17Cl2NO2S. The highest BCUT2D eigenvalue weighted by Gasteiger charge is 2.37. The van der Waals surface area contributed by atoms with Crippen LogP contribution in [-0.4, -0.2) is 25.8 Å². The summed E-state index contributed by atoms with van der Waals surface area (Å²) in [6.45, 7) is 5.20. The third-order valence-corrected chi connectivity index (χ3v) is 6.05. The second-order valence-corrected chi connectivity index (χ2v) is 8.23. The van der Waals surface area contributed by atoms with E-state index in [1.807, 2.05) is 0 Å². The summed E-state index contributed by atoms with van der Waals surface area (Å²) in [5.74, 6) is 0.269. The van der Waals surface area contributed by atoms with E-state index >= 15 is 0 Å². The molecule has 1 saturated heterocycles. The molecule has 0 amide bonds. The molecule has 1 fully saturated rings. The molecule has 0 unspecified atom stereocenters. The van der Waals surface area contributed by atoms with Crippen LogP contribution in [0.1, 0.15) is 25.8 Å². The Morgan fingerprint density at radius 3 is 2.58 bits per heavy atom. The maximum atomic E-state index is 12.6. The van der Waals surface area contributed by atoms with Gasteiger partial charge < -0.3 is 0 Å². The van der Waals surface area contributed by atoms with Crippen molar-refractivity contribution >= 4 is 33.2 Å². The molecule has 1 aromatic rings. The van der Waals surface area contributed by atoms with Gasteiger partial charge in [-0.1, -0.05) is 31.5 Å². The van der Waals surface area contributed by atoms with Crippen LogP contribution in [-0.2, 0) is 15.9 Å². The van der Waals surface area contributed by atoms with Crippen molar-refractivity contribution in [1.82, 2.24) is 4.31 Å². The van der Waals surface area contributed by atoms with Crippen LogP contribution in [0.15, 0.2) is 23.1 Å². The zero-order valence-corrected chi connectivity index (χ0v) is 13.3. The molecule has 0 radical (unpaired) electrons. The van der Waals surface area contributed by atoms with Crippen molar-refractivity contribution < 1.29 is 8.42 Å². The molecule has 0 bridgehead atoms. The van der Waals surface area contributed by atoms with E-state index in [1.54, 1.807) is 18.2 Å². The Kier molecular flexibility index (Phi) is 4.17. The van der Waals surface area contributed by atoms with Crippen LogP contribution in [0.3, 0.4) is 0 Å². The predicted octanol–water partition coefficient (Wildman–Crippen LogP) is 3.50. The molecule has 6 heteroatoms. The fraction of sp³-hybridized carbons (Fsp3) is 0.538. The van der Waals surface area contributed by atoms with Crippen molar-refractivity contribution in [3.05, 3.63) is 28.8 Å². The van der Waals surface area contributed by atoms with Crippen LogP contribution in [0.2, 0.25) is 5.02 Å². The minimum absolute atomic E-state index is 0.0175. The molecule has 3 nitrogen and oxygen atoms in total. The first-order chi connectivity index (χ1) is 8.76. The van der Waals surface area contributed by atoms with Gasteiger partial charge in [-0.2, -0.15) is 4.31 Å². The fourth-order valence-corrected chi connectivity index (χ4v) is 4.56. The number of nitrogens with zero attached hydrogens (tertiary/aromatic N) is 1. The van der Waals surface area contributed by atoms with Gasteiger partial charge in [-0.05, 0) is 29.5 Å². The Balaban J connectivity index is 2.40. The first kappa shape index (κ1) is 15.1. The predicted molar refractivity (Wildman–Crippen MR) is 78.2 cm³/mol. The zero-order chi connectivity index (χ0) is 14.3. The van der Waals surface area contributed by atoms with Gasteiger partial charge in [0, 0.05) is 19.0 Å². The number of hydrogen-bond acceptors (Lipinski definition) is 2. The zero-order valence-electron chi connectivity index (χ0n) is 11.0. The van der Waals surface area contributed by atoms with E-state index in [1.165, 1.54) is 4.31 Å². The van der Waals surface area contributed by atoms with E-state index in [-0.39, 0.29) is 21.2 Å². The molecule has 1 aromatic carbocycles. The smallest absolute Gasteiger partial charge is 0.207 e. The Labute approximate surface area is 124 Å². The van der Waals surface area contributed by atoms with Crippen molar-refractivity contribution in [3.63, 3.8) is 0 Å². The summed E-state index contributed by atoms with van der Waals surface area (Å²) in [7, 11) is -3.53. The minimum atomic E-state index is -3.53. The van der Waals surface area contributed by atoms with Gasteiger partial charge in [0.1, 0.15) is 4.90 Å². The Hall–Kier alpha value is -0.290. The van der Waals surface area contributed by atoms with Crippen LogP contribution in [0.4, 0.5) is 0 Å². The summed E-state index contributed by atoms with van der Waals surface area (Å²) in [5, 5.41) is 0.249. The van der Waals surface area contributed by atoms with Crippen molar-refractivity contribution in [2.24, 2.45) is 5.41 Å². The molecule has 1 heterocycles. The van der Waals surface area contributed by atoms with E-state index in [4.69, 9.17) is 23.2 Å². The number of benzene rings is 1. The highest BCUT2D eigenvalue weighted by atomic mass is 35.5. The molecule has 0 aliphatic carbocycles. The van der Waals surface area contributed by atoms with Crippen molar-refractivity contribution in [2.75, 3.05) is 13.1 Å². The lowest BCUT2D eigenvalue weighted by Crippen LogP contribution is -2.30. The molecule has 106 valence electrons. The summed E-state index contributed by atoms with van der Waals surface area (Å²) in [4.78, 5) is 0.157. The molecule has 1 aliphatic heterocycles. The first-order valence-corrected chi connectivity index (χ1v) is 8.46. The maximum Gasteiger partial charge on any atom is 0.244 e. The summed E-state index contributed by atoms with van der Waals surface area (Å²) in [6, 6.07) is 4.89. The van der Waals surface area contributed by atoms with E-state index < -0.39 is 10.0 Å². The van der Waals surface area contributed by atoms with Crippen LogP contribution < -0.4 is 0 Å². The largest absolute Gasteiger partial charge is 0.244 e. The minimum Gasteiger partial charge on any atom is -0.207 e. The average Bonchev–Trinajstić information content (AvgIpc) is 2.71. The highest BCUT2D eigenvalue weighted by Crippen LogP contribution is 2.34. The van der Waals surface area contributed by atoms with Crippen LogP contribution in [0.5, 0.6) is 0 Å². The lowest BCUT2D eigenvalue weighted by Gasteiger charge is -2.20. The number of rotatable bonds is 3. The van der Waals surface area contributed by atoms with Crippen LogP contribution in [0.25, 0.3) is 0 Å². The molecule has 19 heavy (non-hydrogen) atoms. The number of hydrogen-bond donors (Lipinski definition) is 0. The van der Waals surface area contributed by atoms with Crippen molar-refractivity contribution in [1.29, 1.82) is 0 Å². The van der Waals surface area contributed by atoms with Gasteiger partial charge in [0.25, 0.3) is 0 Å². The highest BCUT2D eigenvalue weighted by molar-refractivity contribution is 7.89. The van der Waals surface area contributed by atoms with E-state index in [9.17, 15) is 8.42 Å². The average molecular weight is 322 g/mol. The van der Waals surface area contributed by atoms with Gasteiger partial charge in [-0.15, -0.1) is 11.6 Å². The van der Waals surface area contributed by atoms with E-state index in [0.29, 0.717) is 13.1 Å². The van der Waals surface area contributed by atoms with Gasteiger partial charge in [0.2, 0.25) is 10.0 Å². The second-order valence-electron chi connectivity index (χ2n) is 5.65. The van der Waals surface area contributed by atoms with Gasteiger partial charge in [0.15, 0.2) is 0 Å². The molecule has 1 aliphatic rings. The van der Waals surface area contributed by atoms with Crippen LogP contribution >= 0.6 is 23.2 Å². The normalized spacial score (nSPS) is 19.8. The van der Waals surface area contributed by atoms with Gasteiger partial charge in [0.05, 0.1) is 5.02 Å². The molecule has 0 saturated carbocycles. The molecular weight excluding hydrogens is 305 g/mol. The molecule has 2 rings (SSSR count). The van der Waals surface area contributed by atoms with Gasteiger partial charge in [-0.3, -0.25) is 0 Å². The van der Waals surface area contributed by atoms with Gasteiger partial charge >= 0.3 is 0 Å². The molecule has 0 aromatic heterocycles. The summed E-state index contributed by atoms with van der Waals surface area (Å²) in [6.07, 6.45) is 0.860. The lowest BCUT2D eigenvalue weighted by molar-refractivity contribution is 0.375. The topological polar surface area (TPSA) is 37.4 Å². The maximum absolute atomic E-state index is 12.6. The van der Waals surface area contributed by atoms with Gasteiger partial charge in [-0.25, -0.2) is 8.42 Å². The van der Waals surface area contributed by atoms with E-state index in [0.717, 1.165) is 12.0 Å². The van der Waals surface area contributed by atoms with Crippen LogP contribution in [0, 0.1) is 5.41 Å². The summed E-state index contributed by atoms with van der Waals surface area (Å²) >= 11 is 11.8. The molecule has 0 spiro atoms. The first-order valence-electron chi connectivity index (χ1n) is 6.11. The number of halogens is 2. The Bertz CT molecular complexity index is 584. The standard InChI is InChI=1S/C13H17Cl2NO2S/c1-13(2)5-6-16(9-13)19(17,18)12-7-10(8-14)3-4-11(12)15/h3-4,7H,5-6,8-9H2,1-2H3. The Morgan fingerprint density at radius 2 is 2.05 bits per heavy atom. The molecule has 0 atom stereocenters.